The largest absolute Gasteiger partial charge is 0.325 e. The number of rotatable bonds is 6. The molecule has 2 aromatic heterocycles. The summed E-state index contributed by atoms with van der Waals surface area (Å²) >= 11 is 2.76. The summed E-state index contributed by atoms with van der Waals surface area (Å²) in [6.07, 6.45) is 2.89. The van der Waals surface area contributed by atoms with Crippen molar-refractivity contribution in [3.8, 4) is 5.69 Å². The molecule has 0 bridgehead atoms. The van der Waals surface area contributed by atoms with Gasteiger partial charge in [0.1, 0.15) is 4.83 Å². The van der Waals surface area contributed by atoms with Crippen LogP contribution in [0.4, 0.5) is 5.69 Å². The number of amides is 1. The number of hydrogen-bond donors (Lipinski definition) is 2. The minimum absolute atomic E-state index is 0.0177. The predicted molar refractivity (Wildman–Crippen MR) is 144 cm³/mol. The fourth-order valence-corrected chi connectivity index (χ4v) is 7.08. The van der Waals surface area contributed by atoms with Crippen LogP contribution >= 0.6 is 23.1 Å². The second-order valence-corrected chi connectivity index (χ2v) is 12.4. The molecular weight excluding hydrogens is 517 g/mol. The van der Waals surface area contributed by atoms with Crippen LogP contribution < -0.4 is 16.0 Å². The number of nitrogens with zero attached hydrogens (tertiary/aromatic N) is 2. The quantitative estimate of drug-likeness (QED) is 0.282. The van der Waals surface area contributed by atoms with Gasteiger partial charge >= 0.3 is 0 Å². The molecular formula is C25H24N4O4S3. The Bertz CT molecular complexity index is 1610. The van der Waals surface area contributed by atoms with Crippen LogP contribution in [0.5, 0.6) is 0 Å². The molecule has 0 radical (unpaired) electrons. The van der Waals surface area contributed by atoms with Crippen LogP contribution in [-0.4, -0.2) is 29.6 Å². The van der Waals surface area contributed by atoms with Crippen molar-refractivity contribution in [3.05, 3.63) is 75.4 Å². The Hall–Kier alpha value is -2.99. The number of hydrogen-bond acceptors (Lipinski definition) is 7. The fraction of sp³-hybridized carbons (Fsp3) is 0.240. The molecule has 1 unspecified atom stereocenters. The average molecular weight is 541 g/mol. The summed E-state index contributed by atoms with van der Waals surface area (Å²) in [7, 11) is -3.81. The van der Waals surface area contributed by atoms with E-state index in [1.807, 2.05) is 30.3 Å². The molecule has 11 heteroatoms. The van der Waals surface area contributed by atoms with Gasteiger partial charge in [-0.25, -0.2) is 18.5 Å². The van der Waals surface area contributed by atoms with E-state index in [-0.39, 0.29) is 22.1 Å². The Kier molecular flexibility index (Phi) is 6.73. The Balaban J connectivity index is 1.45. The van der Waals surface area contributed by atoms with Crippen LogP contribution in [0.25, 0.3) is 15.9 Å². The van der Waals surface area contributed by atoms with E-state index in [4.69, 9.17) is 10.1 Å². The van der Waals surface area contributed by atoms with E-state index < -0.39 is 10.0 Å². The van der Waals surface area contributed by atoms with Gasteiger partial charge in [0.2, 0.25) is 15.9 Å². The summed E-state index contributed by atoms with van der Waals surface area (Å²) in [5.74, 6) is 0.291. The van der Waals surface area contributed by atoms with Crippen molar-refractivity contribution in [2.24, 2.45) is 11.1 Å². The number of thiophene rings is 1. The molecule has 0 fully saturated rings. The van der Waals surface area contributed by atoms with Gasteiger partial charge in [-0.2, -0.15) is 0 Å². The first-order chi connectivity index (χ1) is 17.2. The van der Waals surface area contributed by atoms with Crippen molar-refractivity contribution in [1.82, 2.24) is 9.55 Å². The zero-order chi connectivity index (χ0) is 25.4. The number of para-hydroxylation sites is 1. The predicted octanol–water partition coefficient (Wildman–Crippen LogP) is 3.95. The van der Waals surface area contributed by atoms with Gasteiger partial charge in [0.25, 0.3) is 5.56 Å². The highest BCUT2D eigenvalue weighted by Gasteiger charge is 2.25. The minimum Gasteiger partial charge on any atom is -0.325 e. The molecule has 5 rings (SSSR count). The van der Waals surface area contributed by atoms with Gasteiger partial charge in [0.05, 0.1) is 21.7 Å². The minimum atomic E-state index is -3.81. The normalized spacial score (nSPS) is 15.6. The third-order valence-corrected chi connectivity index (χ3v) is 9.13. The zero-order valence-corrected chi connectivity index (χ0v) is 21.9. The summed E-state index contributed by atoms with van der Waals surface area (Å²) in [5.41, 5.74) is 2.15. The van der Waals surface area contributed by atoms with E-state index in [1.165, 1.54) is 40.9 Å². The maximum atomic E-state index is 13.8. The molecule has 0 saturated carbocycles. The molecule has 2 heterocycles. The van der Waals surface area contributed by atoms with Crippen molar-refractivity contribution >= 4 is 54.9 Å². The van der Waals surface area contributed by atoms with Crippen molar-refractivity contribution in [2.75, 3.05) is 11.1 Å². The van der Waals surface area contributed by atoms with Crippen molar-refractivity contribution < 1.29 is 13.2 Å². The smallest absolute Gasteiger partial charge is 0.267 e. The molecule has 0 aliphatic heterocycles. The van der Waals surface area contributed by atoms with E-state index >= 15 is 0 Å². The van der Waals surface area contributed by atoms with Crippen molar-refractivity contribution in [3.63, 3.8) is 0 Å². The molecule has 3 N–H and O–H groups in total. The van der Waals surface area contributed by atoms with Crippen LogP contribution in [0.15, 0.2) is 69.4 Å². The summed E-state index contributed by atoms with van der Waals surface area (Å²) in [5, 5.41) is 9.00. The number of benzene rings is 2. The number of sulfonamides is 1. The number of nitrogens with one attached hydrogen (secondary N) is 1. The fourth-order valence-electron chi connectivity index (χ4n) is 4.33. The van der Waals surface area contributed by atoms with Crippen molar-refractivity contribution in [1.29, 1.82) is 0 Å². The maximum Gasteiger partial charge on any atom is 0.267 e. The number of nitrogens with two attached hydrogens (primary N) is 1. The number of fused-ring (bicyclic) bond motifs is 3. The number of thioether (sulfide) groups is 1. The lowest BCUT2D eigenvalue weighted by atomic mass is 9.89. The van der Waals surface area contributed by atoms with E-state index in [1.54, 1.807) is 15.9 Å². The van der Waals surface area contributed by atoms with Gasteiger partial charge in [-0.3, -0.25) is 14.2 Å². The second-order valence-electron chi connectivity index (χ2n) is 8.81. The Morgan fingerprint density at radius 1 is 1.19 bits per heavy atom. The third-order valence-electron chi connectivity index (χ3n) is 6.11. The SMILES string of the molecule is CC1CCc2c(sc3nc(SCC(=O)Nc4ccc(S(N)(=O)=O)cc4)n(-c4ccccc4)c(=O)c23)C1. The number of anilines is 1. The second kappa shape index (κ2) is 9.81. The summed E-state index contributed by atoms with van der Waals surface area (Å²) in [6.45, 7) is 2.23. The van der Waals surface area contributed by atoms with Gasteiger partial charge in [0.15, 0.2) is 5.16 Å². The first kappa shape index (κ1) is 24.7. The van der Waals surface area contributed by atoms with Gasteiger partial charge < -0.3 is 5.32 Å². The van der Waals surface area contributed by atoms with E-state index in [0.717, 1.165) is 24.8 Å². The summed E-state index contributed by atoms with van der Waals surface area (Å²) < 4.78 is 24.4. The van der Waals surface area contributed by atoms with Crippen LogP contribution in [0.2, 0.25) is 0 Å². The van der Waals surface area contributed by atoms with Crippen LogP contribution in [0.1, 0.15) is 23.8 Å². The molecule has 8 nitrogen and oxygen atoms in total. The molecule has 2 aromatic carbocycles. The lowest BCUT2D eigenvalue weighted by Gasteiger charge is -2.17. The Labute approximate surface area is 216 Å². The highest BCUT2D eigenvalue weighted by Crippen LogP contribution is 2.37. The third kappa shape index (κ3) is 4.96. The van der Waals surface area contributed by atoms with E-state index in [9.17, 15) is 18.0 Å². The lowest BCUT2D eigenvalue weighted by Crippen LogP contribution is -2.23. The number of carbonyl (C=O) groups is 1. The molecule has 1 aliphatic rings. The number of carbonyl (C=O) groups excluding carboxylic acids is 1. The lowest BCUT2D eigenvalue weighted by molar-refractivity contribution is -0.113. The molecule has 1 atom stereocenters. The molecule has 0 saturated heterocycles. The monoisotopic (exact) mass is 540 g/mol. The number of primary sulfonamides is 1. The van der Waals surface area contributed by atoms with E-state index in [2.05, 4.69) is 12.2 Å². The van der Waals surface area contributed by atoms with Crippen LogP contribution in [-0.2, 0) is 27.7 Å². The summed E-state index contributed by atoms with van der Waals surface area (Å²) in [6, 6.07) is 14.9. The standard InChI is InChI=1S/C25H24N4O4S3/c1-15-7-12-19-20(13-15)35-23-22(19)24(31)29(17-5-3-2-4-6-17)25(28-23)34-14-21(30)27-16-8-10-18(11-9-16)36(26,32)33/h2-6,8-11,15H,7,12-14H2,1H3,(H,27,30)(H2,26,32,33). The summed E-state index contributed by atoms with van der Waals surface area (Å²) in [4.78, 5) is 33.2. The van der Waals surface area contributed by atoms with Crippen molar-refractivity contribution in [2.45, 2.75) is 36.2 Å². The molecule has 36 heavy (non-hydrogen) atoms. The molecule has 1 amide bonds. The first-order valence-corrected chi connectivity index (χ1v) is 14.7. The highest BCUT2D eigenvalue weighted by molar-refractivity contribution is 7.99. The molecule has 1 aliphatic carbocycles. The van der Waals surface area contributed by atoms with Gasteiger partial charge in [-0.1, -0.05) is 36.9 Å². The van der Waals surface area contributed by atoms with Gasteiger partial charge in [-0.05, 0) is 67.1 Å². The molecule has 186 valence electrons. The van der Waals surface area contributed by atoms with Crippen LogP contribution in [0.3, 0.4) is 0 Å². The number of aryl methyl sites for hydroxylation is 1. The zero-order valence-electron chi connectivity index (χ0n) is 19.4. The van der Waals surface area contributed by atoms with Gasteiger partial charge in [0, 0.05) is 10.6 Å². The Morgan fingerprint density at radius 3 is 2.61 bits per heavy atom. The Morgan fingerprint density at radius 2 is 1.92 bits per heavy atom. The van der Waals surface area contributed by atoms with Gasteiger partial charge in [-0.15, -0.1) is 11.3 Å². The molecule has 4 aromatic rings. The maximum absolute atomic E-state index is 13.8. The topological polar surface area (TPSA) is 124 Å². The van der Waals surface area contributed by atoms with Crippen LogP contribution in [0, 0.1) is 5.92 Å². The van der Waals surface area contributed by atoms with E-state index in [0.29, 0.717) is 32.7 Å². The number of aromatic nitrogens is 2. The highest BCUT2D eigenvalue weighted by atomic mass is 32.2. The molecule has 0 spiro atoms. The first-order valence-electron chi connectivity index (χ1n) is 11.4. The average Bonchev–Trinajstić information content (AvgIpc) is 3.20.